The molecular weight excluding hydrogens is 259 g/mol. The number of benzene rings is 1. The molecule has 106 valence electrons. The maximum Gasteiger partial charge on any atom is 0.416 e. The van der Waals surface area contributed by atoms with Crippen LogP contribution in [0.4, 0.5) is 13.2 Å². The molecule has 0 fully saturated rings. The zero-order valence-electron chi connectivity index (χ0n) is 10.4. The van der Waals surface area contributed by atoms with Gasteiger partial charge in [-0.3, -0.25) is 0 Å². The third-order valence-electron chi connectivity index (χ3n) is 2.69. The Labute approximate surface area is 109 Å². The molecule has 0 aliphatic heterocycles. The minimum atomic E-state index is -4.36. The highest BCUT2D eigenvalue weighted by Crippen LogP contribution is 2.29. The van der Waals surface area contributed by atoms with Crippen molar-refractivity contribution in [3.8, 4) is 0 Å². The number of nitrogens with one attached hydrogen (secondary N) is 1. The van der Waals surface area contributed by atoms with E-state index in [1.165, 1.54) is 6.07 Å². The molecule has 0 saturated heterocycles. The SMILES string of the molecule is CCC(NCc1cccc(C(F)(F)F)c1)C(N)=NO. The van der Waals surface area contributed by atoms with Crippen LogP contribution in [0.3, 0.4) is 0 Å². The first kappa shape index (κ1) is 15.3. The van der Waals surface area contributed by atoms with Crippen molar-refractivity contribution in [3.05, 3.63) is 35.4 Å². The van der Waals surface area contributed by atoms with Crippen molar-refractivity contribution in [1.82, 2.24) is 5.32 Å². The largest absolute Gasteiger partial charge is 0.416 e. The molecule has 0 spiro atoms. The quantitative estimate of drug-likeness (QED) is 0.334. The lowest BCUT2D eigenvalue weighted by Crippen LogP contribution is -2.40. The summed E-state index contributed by atoms with van der Waals surface area (Å²) >= 11 is 0. The standard InChI is InChI=1S/C12H16F3N3O/c1-2-10(11(16)18-19)17-7-8-4-3-5-9(6-8)12(13,14)15/h3-6,10,17,19H,2,7H2,1H3,(H2,16,18). The Morgan fingerprint density at radius 2 is 2.16 bits per heavy atom. The molecule has 4 nitrogen and oxygen atoms in total. The number of nitrogens with zero attached hydrogens (tertiary/aromatic N) is 1. The molecule has 0 amide bonds. The molecule has 1 aromatic carbocycles. The number of alkyl halides is 3. The summed E-state index contributed by atoms with van der Waals surface area (Å²) in [6.45, 7) is 2.03. The Morgan fingerprint density at radius 1 is 1.47 bits per heavy atom. The number of hydrogen-bond acceptors (Lipinski definition) is 3. The van der Waals surface area contributed by atoms with Crippen LogP contribution in [0.2, 0.25) is 0 Å². The number of hydrogen-bond donors (Lipinski definition) is 3. The highest BCUT2D eigenvalue weighted by molar-refractivity contribution is 5.85. The van der Waals surface area contributed by atoms with Gasteiger partial charge in [0.05, 0.1) is 11.6 Å². The molecule has 0 bridgehead atoms. The maximum absolute atomic E-state index is 12.5. The molecule has 0 saturated carbocycles. The number of halogens is 3. The molecule has 7 heteroatoms. The Morgan fingerprint density at radius 3 is 2.68 bits per heavy atom. The lowest BCUT2D eigenvalue weighted by molar-refractivity contribution is -0.137. The predicted octanol–water partition coefficient (Wildman–Crippen LogP) is 2.32. The number of amidine groups is 1. The van der Waals surface area contributed by atoms with Crippen molar-refractivity contribution in [2.45, 2.75) is 32.1 Å². The molecular formula is C12H16F3N3O. The minimum absolute atomic E-state index is 0.00877. The van der Waals surface area contributed by atoms with Gasteiger partial charge in [-0.15, -0.1) is 0 Å². The van der Waals surface area contributed by atoms with Gasteiger partial charge >= 0.3 is 6.18 Å². The summed E-state index contributed by atoms with van der Waals surface area (Å²) < 4.78 is 37.6. The van der Waals surface area contributed by atoms with Crippen LogP contribution in [-0.2, 0) is 12.7 Å². The Kier molecular flexibility index (Phi) is 5.17. The second-order valence-corrected chi connectivity index (χ2v) is 4.06. The van der Waals surface area contributed by atoms with Crippen LogP contribution in [0.15, 0.2) is 29.4 Å². The van der Waals surface area contributed by atoms with Crippen LogP contribution < -0.4 is 11.1 Å². The average molecular weight is 275 g/mol. The van der Waals surface area contributed by atoms with E-state index in [-0.39, 0.29) is 18.4 Å². The maximum atomic E-state index is 12.5. The van der Waals surface area contributed by atoms with Crippen molar-refractivity contribution in [2.24, 2.45) is 10.9 Å². The second kappa shape index (κ2) is 6.42. The summed E-state index contributed by atoms with van der Waals surface area (Å²) in [6.07, 6.45) is -3.79. The number of rotatable bonds is 5. The van der Waals surface area contributed by atoms with Crippen molar-refractivity contribution in [1.29, 1.82) is 0 Å². The normalized spacial score (nSPS) is 14.4. The van der Waals surface area contributed by atoms with Gasteiger partial charge in [-0.25, -0.2) is 0 Å². The molecule has 0 heterocycles. The van der Waals surface area contributed by atoms with Gasteiger partial charge in [0.2, 0.25) is 0 Å². The van der Waals surface area contributed by atoms with E-state index >= 15 is 0 Å². The van der Waals surface area contributed by atoms with E-state index in [0.717, 1.165) is 12.1 Å². The Balaban J connectivity index is 2.73. The first-order valence-electron chi connectivity index (χ1n) is 5.75. The van der Waals surface area contributed by atoms with E-state index in [1.807, 2.05) is 6.92 Å². The highest BCUT2D eigenvalue weighted by atomic mass is 19.4. The highest BCUT2D eigenvalue weighted by Gasteiger charge is 2.30. The van der Waals surface area contributed by atoms with Crippen LogP contribution in [0.5, 0.6) is 0 Å². The van der Waals surface area contributed by atoms with Crippen molar-refractivity contribution in [3.63, 3.8) is 0 Å². The lowest BCUT2D eigenvalue weighted by atomic mass is 10.1. The van der Waals surface area contributed by atoms with Crippen LogP contribution in [0.1, 0.15) is 24.5 Å². The van der Waals surface area contributed by atoms with Crippen molar-refractivity contribution < 1.29 is 18.4 Å². The summed E-state index contributed by atoms with van der Waals surface area (Å²) in [7, 11) is 0. The molecule has 0 aliphatic rings. The van der Waals surface area contributed by atoms with Crippen LogP contribution in [0, 0.1) is 0 Å². The first-order chi connectivity index (χ1) is 8.88. The molecule has 0 radical (unpaired) electrons. The molecule has 0 aliphatic carbocycles. The van der Waals surface area contributed by atoms with Gasteiger partial charge in [-0.05, 0) is 18.1 Å². The van der Waals surface area contributed by atoms with Gasteiger partial charge in [0.25, 0.3) is 0 Å². The molecule has 1 atom stereocenters. The second-order valence-electron chi connectivity index (χ2n) is 4.06. The molecule has 4 N–H and O–H groups in total. The zero-order valence-corrected chi connectivity index (χ0v) is 10.4. The number of nitrogens with two attached hydrogens (primary N) is 1. The summed E-state index contributed by atoms with van der Waals surface area (Å²) in [5.41, 5.74) is 5.24. The molecule has 1 aromatic rings. The Hall–Kier alpha value is -1.76. The van der Waals surface area contributed by atoms with E-state index in [4.69, 9.17) is 10.9 Å². The minimum Gasteiger partial charge on any atom is -0.409 e. The molecule has 0 aromatic heterocycles. The van der Waals surface area contributed by atoms with Gasteiger partial charge in [0.15, 0.2) is 5.84 Å². The fourth-order valence-electron chi connectivity index (χ4n) is 1.63. The van der Waals surface area contributed by atoms with Gasteiger partial charge in [-0.2, -0.15) is 13.2 Å². The van der Waals surface area contributed by atoms with E-state index in [2.05, 4.69) is 10.5 Å². The summed E-state index contributed by atoms with van der Waals surface area (Å²) in [6, 6.07) is 4.65. The van der Waals surface area contributed by atoms with Crippen LogP contribution >= 0.6 is 0 Å². The summed E-state index contributed by atoms with van der Waals surface area (Å²) in [4.78, 5) is 0. The van der Waals surface area contributed by atoms with Gasteiger partial charge in [0.1, 0.15) is 0 Å². The fourth-order valence-corrected chi connectivity index (χ4v) is 1.63. The van der Waals surface area contributed by atoms with Gasteiger partial charge in [0, 0.05) is 6.54 Å². The monoisotopic (exact) mass is 275 g/mol. The first-order valence-corrected chi connectivity index (χ1v) is 5.75. The van der Waals surface area contributed by atoms with Gasteiger partial charge in [-0.1, -0.05) is 30.3 Å². The topological polar surface area (TPSA) is 70.6 Å². The Bertz CT molecular complexity index is 446. The van der Waals surface area contributed by atoms with E-state index in [1.54, 1.807) is 6.07 Å². The third kappa shape index (κ3) is 4.44. The molecule has 1 rings (SSSR count). The predicted molar refractivity (Wildman–Crippen MR) is 65.8 cm³/mol. The van der Waals surface area contributed by atoms with E-state index in [0.29, 0.717) is 12.0 Å². The zero-order chi connectivity index (χ0) is 14.5. The summed E-state index contributed by atoms with van der Waals surface area (Å²) in [5, 5.41) is 14.4. The van der Waals surface area contributed by atoms with Gasteiger partial charge < -0.3 is 16.3 Å². The van der Waals surface area contributed by atoms with Crippen molar-refractivity contribution >= 4 is 5.84 Å². The average Bonchev–Trinajstić information content (AvgIpc) is 2.38. The fraction of sp³-hybridized carbons (Fsp3) is 0.417. The third-order valence-corrected chi connectivity index (χ3v) is 2.69. The van der Waals surface area contributed by atoms with E-state index in [9.17, 15) is 13.2 Å². The lowest BCUT2D eigenvalue weighted by Gasteiger charge is -2.16. The molecule has 1 unspecified atom stereocenters. The smallest absolute Gasteiger partial charge is 0.409 e. The van der Waals surface area contributed by atoms with Crippen LogP contribution in [0.25, 0.3) is 0 Å². The van der Waals surface area contributed by atoms with Crippen molar-refractivity contribution in [2.75, 3.05) is 0 Å². The number of oxime groups is 1. The van der Waals surface area contributed by atoms with Crippen LogP contribution in [-0.4, -0.2) is 17.1 Å². The summed E-state index contributed by atoms with van der Waals surface area (Å²) in [5.74, 6) is 0.00877. The van der Waals surface area contributed by atoms with E-state index < -0.39 is 11.7 Å². The molecule has 19 heavy (non-hydrogen) atoms.